The molecule has 0 aromatic rings. The van der Waals surface area contributed by atoms with Crippen LogP contribution in [0.5, 0.6) is 0 Å². The zero-order valence-corrected chi connectivity index (χ0v) is 29.6. The monoisotopic (exact) mass is 648 g/mol. The molecule has 0 aromatic carbocycles. The molecule has 0 bridgehead atoms. The van der Waals surface area contributed by atoms with Crippen LogP contribution in [0.15, 0.2) is 0 Å². The first-order valence-electron chi connectivity index (χ1n) is 15.9. The van der Waals surface area contributed by atoms with Gasteiger partial charge in [-0.1, -0.05) is 168 Å². The van der Waals surface area contributed by atoms with Crippen molar-refractivity contribution < 1.29 is 19.8 Å². The molecule has 0 heterocycles. The predicted octanol–water partition coefficient (Wildman–Crippen LogP) is 8.05. The summed E-state index contributed by atoms with van der Waals surface area (Å²) in [7, 11) is 0. The Bertz CT molecular complexity index is 403. The van der Waals surface area contributed by atoms with Gasteiger partial charge >= 0.3 is 48.9 Å². The molecule has 216 valence electrons. The van der Waals surface area contributed by atoms with Crippen molar-refractivity contribution in [3.8, 4) is 0 Å². The third-order valence-electron chi connectivity index (χ3n) is 6.97. The van der Waals surface area contributed by atoms with Crippen molar-refractivity contribution in [3.63, 3.8) is 0 Å². The molecule has 0 aliphatic rings. The van der Waals surface area contributed by atoms with Crippen molar-refractivity contribution in [2.75, 3.05) is 0 Å². The number of unbranched alkanes of at least 4 members (excludes halogenated alkanes) is 24. The molecular weight excluding hydrogens is 586 g/mol. The first kappa shape index (κ1) is 42.0. The molecule has 0 atom stereocenters. The van der Waals surface area contributed by atoms with Gasteiger partial charge in [0.2, 0.25) is 0 Å². The van der Waals surface area contributed by atoms with Crippen LogP contribution >= 0.6 is 0 Å². The van der Waals surface area contributed by atoms with Crippen LogP contribution < -0.4 is 10.2 Å². The molecule has 0 amide bonds. The molecule has 0 N–H and O–H groups in total. The Hall–Kier alpha value is 0.511. The van der Waals surface area contributed by atoms with E-state index in [0.717, 1.165) is 25.7 Å². The van der Waals surface area contributed by atoms with Crippen LogP contribution in [0.2, 0.25) is 0 Å². The van der Waals surface area contributed by atoms with E-state index in [9.17, 15) is 19.8 Å². The number of hydrogen-bond donors (Lipinski definition) is 0. The molecule has 4 nitrogen and oxygen atoms in total. The summed E-state index contributed by atoms with van der Waals surface area (Å²) in [6.07, 6.45) is 33.9. The molecule has 0 fully saturated rings. The minimum absolute atomic E-state index is 0. The number of carbonyl (C=O) groups excluding carboxylic acids is 2. The maximum atomic E-state index is 10.2. The summed E-state index contributed by atoms with van der Waals surface area (Å²) in [6.45, 7) is 4.51. The van der Waals surface area contributed by atoms with Crippen molar-refractivity contribution in [3.05, 3.63) is 0 Å². The van der Waals surface area contributed by atoms with Gasteiger partial charge in [-0.3, -0.25) is 0 Å². The van der Waals surface area contributed by atoms with Gasteiger partial charge in [-0.25, -0.2) is 0 Å². The van der Waals surface area contributed by atoms with Crippen molar-refractivity contribution >= 4 is 60.8 Å². The van der Waals surface area contributed by atoms with E-state index in [2.05, 4.69) is 13.8 Å². The normalized spacial score (nSPS) is 10.4. The van der Waals surface area contributed by atoms with Gasteiger partial charge < -0.3 is 19.8 Å². The van der Waals surface area contributed by atoms with E-state index >= 15 is 0 Å². The van der Waals surface area contributed by atoms with Crippen molar-refractivity contribution in [2.24, 2.45) is 0 Å². The van der Waals surface area contributed by atoms with Crippen LogP contribution in [0.4, 0.5) is 0 Å². The van der Waals surface area contributed by atoms with Crippen LogP contribution in [-0.4, -0.2) is 60.8 Å². The largest absolute Gasteiger partial charge is 2.00 e. The average Bonchev–Trinajstić information content (AvgIpc) is 2.85. The quantitative estimate of drug-likeness (QED) is 0.0636. The standard InChI is InChI=1S/2C16H32O2.Ba/c2*1-2-3-4-5-6-7-8-9-10-11-12-13-14-15-16(17)18;/h2*2-15H2,1H3,(H,17,18);/q;;+2/p-2. The van der Waals surface area contributed by atoms with E-state index in [4.69, 9.17) is 0 Å². The molecule has 0 aliphatic carbocycles. The third-order valence-corrected chi connectivity index (χ3v) is 6.97. The fourth-order valence-corrected chi connectivity index (χ4v) is 4.57. The second kappa shape index (κ2) is 38.7. The molecule has 0 radical (unpaired) electrons. The first-order valence-corrected chi connectivity index (χ1v) is 15.9. The summed E-state index contributed by atoms with van der Waals surface area (Å²) in [5.41, 5.74) is 0. The molecule has 0 spiro atoms. The average molecular weight is 648 g/mol. The zero-order chi connectivity index (χ0) is 27.0. The van der Waals surface area contributed by atoms with E-state index in [0.29, 0.717) is 0 Å². The van der Waals surface area contributed by atoms with Crippen LogP contribution in [0.25, 0.3) is 0 Å². The van der Waals surface area contributed by atoms with Gasteiger partial charge in [-0.15, -0.1) is 0 Å². The van der Waals surface area contributed by atoms with Crippen molar-refractivity contribution in [1.82, 2.24) is 0 Å². The number of carbonyl (C=O) groups is 2. The SMILES string of the molecule is CCCCCCCCCCCCCCCC(=O)[O-].CCCCCCCCCCCCCCCC(=O)[O-].[Ba+2]. The molecule has 0 aromatic heterocycles. The number of rotatable bonds is 28. The molecule has 0 aliphatic heterocycles. The van der Waals surface area contributed by atoms with Crippen molar-refractivity contribution in [1.29, 1.82) is 0 Å². The summed E-state index contributed by atoms with van der Waals surface area (Å²) >= 11 is 0. The van der Waals surface area contributed by atoms with E-state index in [-0.39, 0.29) is 61.7 Å². The molecule has 0 saturated carbocycles. The number of hydrogen-bond acceptors (Lipinski definition) is 4. The summed E-state index contributed by atoms with van der Waals surface area (Å²) in [4.78, 5) is 20.4. The number of aliphatic carboxylic acids is 2. The summed E-state index contributed by atoms with van der Waals surface area (Å²) < 4.78 is 0. The Morgan fingerprint density at radius 1 is 0.351 bits per heavy atom. The van der Waals surface area contributed by atoms with Crippen LogP contribution in [0.1, 0.15) is 194 Å². The number of carboxylic acids is 2. The van der Waals surface area contributed by atoms with E-state index < -0.39 is 11.9 Å². The van der Waals surface area contributed by atoms with Crippen LogP contribution in [-0.2, 0) is 9.59 Å². The Morgan fingerprint density at radius 2 is 0.514 bits per heavy atom. The van der Waals surface area contributed by atoms with Crippen molar-refractivity contribution in [2.45, 2.75) is 194 Å². The molecule has 5 heteroatoms. The maximum absolute atomic E-state index is 10.2. The van der Waals surface area contributed by atoms with Crippen LogP contribution in [0.3, 0.4) is 0 Å². The zero-order valence-electron chi connectivity index (χ0n) is 25.1. The Labute approximate surface area is 272 Å². The summed E-state index contributed by atoms with van der Waals surface area (Å²) in [5.74, 6) is -1.81. The Morgan fingerprint density at radius 3 is 0.676 bits per heavy atom. The minimum atomic E-state index is -0.905. The van der Waals surface area contributed by atoms with Gasteiger partial charge in [0.15, 0.2) is 0 Å². The molecule has 0 unspecified atom stereocenters. The summed E-state index contributed by atoms with van der Waals surface area (Å²) in [6, 6.07) is 0. The Balaban J connectivity index is -0.000000608. The van der Waals surface area contributed by atoms with Gasteiger partial charge in [0.05, 0.1) is 0 Å². The second-order valence-corrected chi connectivity index (χ2v) is 10.7. The smallest absolute Gasteiger partial charge is 0.550 e. The Kier molecular flexibility index (Phi) is 43.9. The first-order chi connectivity index (χ1) is 17.5. The minimum Gasteiger partial charge on any atom is -0.550 e. The summed E-state index contributed by atoms with van der Waals surface area (Å²) in [5, 5.41) is 20.4. The molecule has 0 saturated heterocycles. The topological polar surface area (TPSA) is 80.3 Å². The molecular formula is C32H62BaO4. The molecule has 0 rings (SSSR count). The molecule has 37 heavy (non-hydrogen) atoms. The number of carboxylic acid groups (broad SMARTS) is 2. The maximum Gasteiger partial charge on any atom is 2.00 e. The fourth-order valence-electron chi connectivity index (χ4n) is 4.57. The van der Waals surface area contributed by atoms with Crippen LogP contribution in [0, 0.1) is 0 Å². The van der Waals surface area contributed by atoms with Gasteiger partial charge in [0.1, 0.15) is 0 Å². The third kappa shape index (κ3) is 46.7. The van der Waals surface area contributed by atoms with E-state index in [1.54, 1.807) is 0 Å². The van der Waals surface area contributed by atoms with Gasteiger partial charge in [0.25, 0.3) is 0 Å². The van der Waals surface area contributed by atoms with Gasteiger partial charge in [-0.05, 0) is 25.7 Å². The van der Waals surface area contributed by atoms with Gasteiger partial charge in [-0.2, -0.15) is 0 Å². The van der Waals surface area contributed by atoms with E-state index in [1.165, 1.54) is 141 Å². The van der Waals surface area contributed by atoms with Gasteiger partial charge in [0, 0.05) is 11.9 Å². The fraction of sp³-hybridized carbons (Fsp3) is 0.938. The predicted molar refractivity (Wildman–Crippen MR) is 156 cm³/mol. The van der Waals surface area contributed by atoms with E-state index in [1.807, 2.05) is 0 Å². The second-order valence-electron chi connectivity index (χ2n) is 10.7.